The van der Waals surface area contributed by atoms with Gasteiger partial charge in [-0.25, -0.2) is 0 Å². The van der Waals surface area contributed by atoms with E-state index >= 15 is 0 Å². The van der Waals surface area contributed by atoms with E-state index in [-0.39, 0.29) is 0 Å². The van der Waals surface area contributed by atoms with Crippen LogP contribution in [-0.4, -0.2) is 18.2 Å². The van der Waals surface area contributed by atoms with Gasteiger partial charge in [0.05, 0.1) is 13.1 Å². The summed E-state index contributed by atoms with van der Waals surface area (Å²) in [7, 11) is 0. The molecule has 3 nitrogen and oxygen atoms in total. The standard InChI is InChI=1S/C11H18N2O/c1-3-13(4-2)8-9-7-10(12)5-6-11(9)14/h5-7,14H,3-4,8,12H2,1-2H3/p+1. The van der Waals surface area contributed by atoms with E-state index in [1.807, 2.05) is 6.07 Å². The molecule has 0 aliphatic heterocycles. The quantitative estimate of drug-likeness (QED) is 0.481. The van der Waals surface area contributed by atoms with E-state index in [0.29, 0.717) is 11.4 Å². The van der Waals surface area contributed by atoms with Gasteiger partial charge < -0.3 is 15.7 Å². The van der Waals surface area contributed by atoms with E-state index in [0.717, 1.165) is 25.2 Å². The predicted molar refractivity (Wildman–Crippen MR) is 58.3 cm³/mol. The Hall–Kier alpha value is -1.22. The van der Waals surface area contributed by atoms with Gasteiger partial charge in [-0.1, -0.05) is 0 Å². The minimum atomic E-state index is 0.346. The zero-order chi connectivity index (χ0) is 10.6. The second-order valence-electron chi connectivity index (χ2n) is 3.52. The Kier molecular flexibility index (Phi) is 3.77. The number of anilines is 1. The number of nitrogens with one attached hydrogen (secondary N) is 1. The molecule has 0 saturated carbocycles. The van der Waals surface area contributed by atoms with Crippen LogP contribution in [0.15, 0.2) is 18.2 Å². The highest BCUT2D eigenvalue weighted by Crippen LogP contribution is 2.18. The molecular weight excluding hydrogens is 176 g/mol. The van der Waals surface area contributed by atoms with Crippen LogP contribution in [0.3, 0.4) is 0 Å². The van der Waals surface area contributed by atoms with Crippen LogP contribution in [0.4, 0.5) is 5.69 Å². The number of quaternary nitrogens is 1. The molecule has 3 heteroatoms. The molecule has 0 aliphatic rings. The van der Waals surface area contributed by atoms with E-state index in [4.69, 9.17) is 5.73 Å². The summed E-state index contributed by atoms with van der Waals surface area (Å²) in [6.07, 6.45) is 0. The third-order valence-electron chi connectivity index (χ3n) is 2.54. The number of hydrogen-bond acceptors (Lipinski definition) is 2. The summed E-state index contributed by atoms with van der Waals surface area (Å²) in [5.74, 6) is 0.346. The van der Waals surface area contributed by atoms with Crippen LogP contribution in [0.2, 0.25) is 0 Å². The van der Waals surface area contributed by atoms with Crippen LogP contribution in [0.25, 0.3) is 0 Å². The molecule has 78 valence electrons. The van der Waals surface area contributed by atoms with Crippen LogP contribution in [0, 0.1) is 0 Å². The molecule has 14 heavy (non-hydrogen) atoms. The van der Waals surface area contributed by atoms with E-state index in [2.05, 4.69) is 13.8 Å². The van der Waals surface area contributed by atoms with Gasteiger partial charge >= 0.3 is 0 Å². The van der Waals surface area contributed by atoms with Gasteiger partial charge in [0.2, 0.25) is 0 Å². The third kappa shape index (κ3) is 2.64. The molecule has 0 spiro atoms. The SMILES string of the molecule is CC[NH+](CC)Cc1cc(N)ccc1O. The third-order valence-corrected chi connectivity index (χ3v) is 2.54. The Balaban J connectivity index is 2.79. The Bertz CT molecular complexity index is 295. The topological polar surface area (TPSA) is 50.7 Å². The van der Waals surface area contributed by atoms with Crippen molar-refractivity contribution in [1.82, 2.24) is 0 Å². The normalized spacial score (nSPS) is 10.8. The molecule has 1 aromatic rings. The summed E-state index contributed by atoms with van der Waals surface area (Å²) in [5, 5.41) is 9.61. The zero-order valence-electron chi connectivity index (χ0n) is 8.88. The molecule has 0 aliphatic carbocycles. The number of phenolic OH excluding ortho intramolecular Hbond substituents is 1. The van der Waals surface area contributed by atoms with Crippen molar-refractivity contribution in [2.45, 2.75) is 20.4 Å². The summed E-state index contributed by atoms with van der Waals surface area (Å²) in [5.41, 5.74) is 7.31. The van der Waals surface area contributed by atoms with Crippen molar-refractivity contribution in [3.63, 3.8) is 0 Å². The number of nitrogen functional groups attached to an aromatic ring is 1. The second kappa shape index (κ2) is 4.86. The number of rotatable bonds is 4. The number of aromatic hydroxyl groups is 1. The fraction of sp³-hybridized carbons (Fsp3) is 0.455. The van der Waals surface area contributed by atoms with Gasteiger partial charge in [0.25, 0.3) is 0 Å². The molecule has 4 N–H and O–H groups in total. The van der Waals surface area contributed by atoms with E-state index in [1.54, 1.807) is 12.1 Å². The highest BCUT2D eigenvalue weighted by Gasteiger charge is 2.08. The molecule has 0 amide bonds. The van der Waals surface area contributed by atoms with Crippen LogP contribution < -0.4 is 10.6 Å². The average Bonchev–Trinajstić information content (AvgIpc) is 2.19. The van der Waals surface area contributed by atoms with Crippen molar-refractivity contribution in [2.24, 2.45) is 0 Å². The lowest BCUT2D eigenvalue weighted by Crippen LogP contribution is -3.10. The van der Waals surface area contributed by atoms with Crippen LogP contribution >= 0.6 is 0 Å². The number of hydrogen-bond donors (Lipinski definition) is 3. The van der Waals surface area contributed by atoms with Crippen LogP contribution in [0.5, 0.6) is 5.75 Å². The average molecular weight is 195 g/mol. The van der Waals surface area contributed by atoms with Crippen molar-refractivity contribution in [1.29, 1.82) is 0 Å². The molecule has 0 aromatic heterocycles. The van der Waals surface area contributed by atoms with Gasteiger partial charge in [-0.05, 0) is 32.0 Å². The largest absolute Gasteiger partial charge is 0.507 e. The van der Waals surface area contributed by atoms with Gasteiger partial charge in [-0.2, -0.15) is 0 Å². The van der Waals surface area contributed by atoms with Crippen molar-refractivity contribution < 1.29 is 10.0 Å². The number of nitrogens with two attached hydrogens (primary N) is 1. The number of phenols is 1. The molecule has 0 bridgehead atoms. The molecule has 0 fully saturated rings. The van der Waals surface area contributed by atoms with E-state index in [1.165, 1.54) is 4.90 Å². The lowest BCUT2D eigenvalue weighted by atomic mass is 10.1. The van der Waals surface area contributed by atoms with E-state index in [9.17, 15) is 5.11 Å². The maximum Gasteiger partial charge on any atom is 0.124 e. The molecule has 0 atom stereocenters. The Morgan fingerprint density at radius 2 is 1.93 bits per heavy atom. The van der Waals surface area contributed by atoms with Gasteiger partial charge in [-0.3, -0.25) is 0 Å². The first-order chi connectivity index (χ1) is 6.67. The maximum atomic E-state index is 9.61. The van der Waals surface area contributed by atoms with Gasteiger partial charge in [0.15, 0.2) is 0 Å². The van der Waals surface area contributed by atoms with Crippen molar-refractivity contribution in [2.75, 3.05) is 18.8 Å². The predicted octanol–water partition coefficient (Wildman–Crippen LogP) is 0.399. The lowest BCUT2D eigenvalue weighted by Gasteiger charge is -2.16. The fourth-order valence-corrected chi connectivity index (χ4v) is 1.52. The fourth-order valence-electron chi connectivity index (χ4n) is 1.52. The lowest BCUT2D eigenvalue weighted by molar-refractivity contribution is -0.910. The summed E-state index contributed by atoms with van der Waals surface area (Å²) in [6, 6.07) is 5.23. The Morgan fingerprint density at radius 1 is 1.29 bits per heavy atom. The van der Waals surface area contributed by atoms with Crippen molar-refractivity contribution >= 4 is 5.69 Å². The highest BCUT2D eigenvalue weighted by molar-refractivity contribution is 5.46. The molecular formula is C11H19N2O+. The Morgan fingerprint density at radius 3 is 2.50 bits per heavy atom. The minimum Gasteiger partial charge on any atom is -0.507 e. The molecule has 0 saturated heterocycles. The second-order valence-corrected chi connectivity index (χ2v) is 3.52. The monoisotopic (exact) mass is 195 g/mol. The first-order valence-corrected chi connectivity index (χ1v) is 5.08. The van der Waals surface area contributed by atoms with Gasteiger partial charge in [0.1, 0.15) is 12.3 Å². The highest BCUT2D eigenvalue weighted by atomic mass is 16.3. The van der Waals surface area contributed by atoms with Crippen LogP contribution in [-0.2, 0) is 6.54 Å². The molecule has 0 heterocycles. The molecule has 0 radical (unpaired) electrons. The van der Waals surface area contributed by atoms with Crippen LogP contribution in [0.1, 0.15) is 19.4 Å². The zero-order valence-corrected chi connectivity index (χ0v) is 8.88. The van der Waals surface area contributed by atoms with E-state index < -0.39 is 0 Å². The Labute approximate surface area is 85.2 Å². The smallest absolute Gasteiger partial charge is 0.124 e. The number of benzene rings is 1. The first kappa shape index (κ1) is 10.9. The van der Waals surface area contributed by atoms with Crippen molar-refractivity contribution in [3.05, 3.63) is 23.8 Å². The first-order valence-electron chi connectivity index (χ1n) is 5.08. The minimum absolute atomic E-state index is 0.346. The molecule has 1 aromatic carbocycles. The summed E-state index contributed by atoms with van der Waals surface area (Å²) >= 11 is 0. The summed E-state index contributed by atoms with van der Waals surface area (Å²) in [4.78, 5) is 1.44. The molecule has 1 rings (SSSR count). The molecule has 0 unspecified atom stereocenters. The van der Waals surface area contributed by atoms with Crippen molar-refractivity contribution in [3.8, 4) is 5.75 Å². The van der Waals surface area contributed by atoms with Gasteiger partial charge in [0, 0.05) is 11.3 Å². The summed E-state index contributed by atoms with van der Waals surface area (Å²) in [6.45, 7) is 7.24. The van der Waals surface area contributed by atoms with Gasteiger partial charge in [-0.15, -0.1) is 0 Å². The maximum absolute atomic E-state index is 9.61. The summed E-state index contributed by atoms with van der Waals surface area (Å²) < 4.78 is 0.